The summed E-state index contributed by atoms with van der Waals surface area (Å²) in [5, 5.41) is 8.41. The summed E-state index contributed by atoms with van der Waals surface area (Å²) in [6.07, 6.45) is 1.53. The van der Waals surface area contributed by atoms with Crippen LogP contribution in [0.1, 0.15) is 22.8 Å². The Labute approximate surface area is 259 Å². The summed E-state index contributed by atoms with van der Waals surface area (Å²) in [6, 6.07) is 27.9. The van der Waals surface area contributed by atoms with Gasteiger partial charge in [0.2, 0.25) is 5.91 Å². The quantitative estimate of drug-likeness (QED) is 0.125. The van der Waals surface area contributed by atoms with Crippen LogP contribution in [0.15, 0.2) is 108 Å². The van der Waals surface area contributed by atoms with Crippen LogP contribution in [0.4, 0.5) is 11.4 Å². The van der Waals surface area contributed by atoms with Crippen LogP contribution in [0.2, 0.25) is 5.02 Å². The van der Waals surface area contributed by atoms with Crippen molar-refractivity contribution in [2.75, 3.05) is 24.9 Å². The van der Waals surface area contributed by atoms with Crippen molar-refractivity contribution < 1.29 is 23.9 Å². The van der Waals surface area contributed by atoms with Gasteiger partial charge >= 0.3 is 0 Å². The van der Waals surface area contributed by atoms with E-state index in [0.29, 0.717) is 39.0 Å². The van der Waals surface area contributed by atoms with Crippen LogP contribution in [0.25, 0.3) is 6.08 Å². The van der Waals surface area contributed by atoms with E-state index >= 15 is 0 Å². The number of rotatable bonds is 11. The highest BCUT2D eigenvalue weighted by atomic mass is 35.5. The number of ether oxygens (including phenoxy) is 2. The van der Waals surface area contributed by atoms with Crippen molar-refractivity contribution in [3.05, 3.63) is 119 Å². The third kappa shape index (κ3) is 8.41. The number of carbonyl (C=O) groups excluding carboxylic acids is 3. The van der Waals surface area contributed by atoms with Gasteiger partial charge in [-0.15, -0.1) is 11.8 Å². The minimum absolute atomic E-state index is 0.00838. The zero-order valence-corrected chi connectivity index (χ0v) is 25.3. The molecule has 4 aromatic rings. The number of halogens is 1. The molecule has 3 N–H and O–H groups in total. The molecule has 0 spiro atoms. The summed E-state index contributed by atoms with van der Waals surface area (Å²) in [5.74, 6) is -0.338. The molecule has 0 heterocycles. The molecule has 0 bridgehead atoms. The molecule has 0 saturated carbocycles. The van der Waals surface area contributed by atoms with Crippen LogP contribution in [0.3, 0.4) is 0 Å². The average molecular weight is 616 g/mol. The Balaban J connectivity index is 1.55. The third-order valence-corrected chi connectivity index (χ3v) is 7.59. The van der Waals surface area contributed by atoms with Crippen molar-refractivity contribution in [3.8, 4) is 11.5 Å². The maximum absolute atomic E-state index is 13.6. The first-order chi connectivity index (χ1) is 20.8. The fourth-order valence-electron chi connectivity index (χ4n) is 4.02. The zero-order chi connectivity index (χ0) is 30.8. The number of nitrogens with one attached hydrogen (secondary N) is 3. The highest BCUT2D eigenvalue weighted by Gasteiger charge is 2.19. The normalized spacial score (nSPS) is 11.7. The van der Waals surface area contributed by atoms with Crippen LogP contribution >= 0.6 is 23.4 Å². The second kappa shape index (κ2) is 14.9. The van der Waals surface area contributed by atoms with E-state index in [-0.39, 0.29) is 11.6 Å². The number of benzene rings is 4. The van der Waals surface area contributed by atoms with E-state index in [1.165, 1.54) is 32.1 Å². The van der Waals surface area contributed by atoms with Gasteiger partial charge in [-0.05, 0) is 61.5 Å². The van der Waals surface area contributed by atoms with Crippen molar-refractivity contribution in [2.24, 2.45) is 0 Å². The Bertz CT molecular complexity index is 1640. The minimum atomic E-state index is -0.555. The third-order valence-electron chi connectivity index (χ3n) is 6.17. The van der Waals surface area contributed by atoms with E-state index < -0.39 is 17.1 Å². The van der Waals surface area contributed by atoms with Gasteiger partial charge in [-0.1, -0.05) is 60.1 Å². The number of carbonyl (C=O) groups is 3. The van der Waals surface area contributed by atoms with Gasteiger partial charge in [0, 0.05) is 21.7 Å². The monoisotopic (exact) mass is 615 g/mol. The molecule has 1 unspecified atom stereocenters. The summed E-state index contributed by atoms with van der Waals surface area (Å²) in [4.78, 5) is 40.1. The summed E-state index contributed by atoms with van der Waals surface area (Å²) in [7, 11) is 3.01. The van der Waals surface area contributed by atoms with Gasteiger partial charge in [0.15, 0.2) is 11.5 Å². The maximum Gasteiger partial charge on any atom is 0.272 e. The Kier molecular flexibility index (Phi) is 10.9. The lowest BCUT2D eigenvalue weighted by molar-refractivity contribution is -0.115. The molecular weight excluding hydrogens is 586 g/mol. The number of thioether (sulfide) groups is 1. The first-order valence-electron chi connectivity index (χ1n) is 13.2. The fourth-order valence-corrected chi connectivity index (χ4v) is 5.13. The van der Waals surface area contributed by atoms with E-state index in [1.54, 1.807) is 97.9 Å². The van der Waals surface area contributed by atoms with Gasteiger partial charge in [0.05, 0.1) is 30.2 Å². The highest BCUT2D eigenvalue weighted by molar-refractivity contribution is 8.00. The molecule has 10 heteroatoms. The van der Waals surface area contributed by atoms with Gasteiger partial charge < -0.3 is 25.4 Å². The van der Waals surface area contributed by atoms with Crippen molar-refractivity contribution in [3.63, 3.8) is 0 Å². The highest BCUT2D eigenvalue weighted by Crippen LogP contribution is 2.32. The fraction of sp³-hybridized carbons (Fsp3) is 0.121. The minimum Gasteiger partial charge on any atom is -0.493 e. The topological polar surface area (TPSA) is 106 Å². The predicted octanol–water partition coefficient (Wildman–Crippen LogP) is 6.89. The molecule has 0 fully saturated rings. The summed E-state index contributed by atoms with van der Waals surface area (Å²) < 4.78 is 10.9. The van der Waals surface area contributed by atoms with Gasteiger partial charge in [-0.2, -0.15) is 0 Å². The Morgan fingerprint density at radius 3 is 2.28 bits per heavy atom. The lowest BCUT2D eigenvalue weighted by Crippen LogP contribution is -2.30. The summed E-state index contributed by atoms with van der Waals surface area (Å²) in [6.45, 7) is 1.78. The Morgan fingerprint density at radius 2 is 1.56 bits per heavy atom. The van der Waals surface area contributed by atoms with Gasteiger partial charge in [-0.3, -0.25) is 14.4 Å². The van der Waals surface area contributed by atoms with E-state index in [0.717, 1.165) is 4.90 Å². The standard InChI is InChI=1S/C33H30ClN3O5S/c1-21(31(38)36-27-17-8-7-16-26(27)34)43-25-15-10-14-24(20-25)35-33(40)28(37-32(39)22-11-5-4-6-12-22)19-23-13-9-18-29(41-2)30(23)42-3/h4-21H,1-3H3,(H,35,40)(H,36,38)(H,37,39)/b28-19+. The molecule has 220 valence electrons. The molecule has 0 aliphatic rings. The van der Waals surface area contributed by atoms with Crippen molar-refractivity contribution in [1.82, 2.24) is 5.32 Å². The molecule has 1 atom stereocenters. The number of amides is 3. The second-order valence-corrected chi connectivity index (χ2v) is 11.0. The molecule has 0 aliphatic carbocycles. The van der Waals surface area contributed by atoms with Crippen molar-refractivity contribution >= 4 is 58.5 Å². The molecule has 0 saturated heterocycles. The van der Waals surface area contributed by atoms with E-state index in [4.69, 9.17) is 21.1 Å². The smallest absolute Gasteiger partial charge is 0.272 e. The Morgan fingerprint density at radius 1 is 0.837 bits per heavy atom. The first-order valence-corrected chi connectivity index (χ1v) is 14.5. The van der Waals surface area contributed by atoms with Gasteiger partial charge in [-0.25, -0.2) is 0 Å². The first kappa shape index (κ1) is 31.2. The second-order valence-electron chi connectivity index (χ2n) is 9.17. The lowest BCUT2D eigenvalue weighted by atomic mass is 10.1. The van der Waals surface area contributed by atoms with E-state index in [1.807, 2.05) is 6.07 Å². The van der Waals surface area contributed by atoms with Gasteiger partial charge in [0.25, 0.3) is 11.8 Å². The van der Waals surface area contributed by atoms with Crippen LogP contribution in [0, 0.1) is 0 Å². The molecule has 4 aromatic carbocycles. The lowest BCUT2D eigenvalue weighted by Gasteiger charge is -2.15. The summed E-state index contributed by atoms with van der Waals surface area (Å²) in [5.41, 5.74) is 1.92. The molecular formula is C33H30ClN3O5S. The van der Waals surface area contributed by atoms with Crippen LogP contribution in [0.5, 0.6) is 11.5 Å². The number of methoxy groups -OCH3 is 2. The summed E-state index contributed by atoms with van der Waals surface area (Å²) >= 11 is 7.50. The zero-order valence-electron chi connectivity index (χ0n) is 23.7. The van der Waals surface area contributed by atoms with Crippen LogP contribution in [-0.4, -0.2) is 37.2 Å². The SMILES string of the molecule is COc1cccc(/C=C(/NC(=O)c2ccccc2)C(=O)Nc2cccc(SC(C)C(=O)Nc3ccccc3Cl)c2)c1OC. The Hall–Kier alpha value is -4.73. The molecule has 0 aliphatic heterocycles. The van der Waals surface area contributed by atoms with Crippen LogP contribution in [-0.2, 0) is 9.59 Å². The molecule has 43 heavy (non-hydrogen) atoms. The predicted molar refractivity (Wildman–Crippen MR) is 172 cm³/mol. The molecule has 3 amide bonds. The van der Waals surface area contributed by atoms with Crippen molar-refractivity contribution in [2.45, 2.75) is 17.1 Å². The number of hydrogen-bond acceptors (Lipinski definition) is 6. The molecule has 4 rings (SSSR count). The number of anilines is 2. The molecule has 8 nitrogen and oxygen atoms in total. The van der Waals surface area contributed by atoms with Crippen LogP contribution < -0.4 is 25.4 Å². The largest absolute Gasteiger partial charge is 0.493 e. The van der Waals surface area contributed by atoms with E-state index in [9.17, 15) is 14.4 Å². The van der Waals surface area contributed by atoms with E-state index in [2.05, 4.69) is 16.0 Å². The average Bonchev–Trinajstić information content (AvgIpc) is 3.02. The maximum atomic E-state index is 13.6. The molecule has 0 radical (unpaired) electrons. The number of para-hydroxylation sites is 2. The van der Waals surface area contributed by atoms with Crippen molar-refractivity contribution in [1.29, 1.82) is 0 Å². The molecule has 0 aromatic heterocycles. The van der Waals surface area contributed by atoms with Gasteiger partial charge in [0.1, 0.15) is 5.70 Å². The number of hydrogen-bond donors (Lipinski definition) is 3.